The lowest BCUT2D eigenvalue weighted by Gasteiger charge is -2.22. The van der Waals surface area contributed by atoms with Gasteiger partial charge in [0.05, 0.1) is 6.54 Å². The fourth-order valence-corrected chi connectivity index (χ4v) is 3.35. The maximum absolute atomic E-state index is 12.6. The van der Waals surface area contributed by atoms with Gasteiger partial charge >= 0.3 is 5.97 Å². The molecule has 1 amide bonds. The largest absolute Gasteiger partial charge is 0.480 e. The van der Waals surface area contributed by atoms with Gasteiger partial charge in [-0.3, -0.25) is 14.2 Å². The molecule has 2 aliphatic carbocycles. The highest BCUT2D eigenvalue weighted by atomic mass is 16.4. The summed E-state index contributed by atoms with van der Waals surface area (Å²) < 4.78 is 1.97. The number of carbonyl (C=O) groups excluding carboxylic acids is 1. The zero-order valence-corrected chi connectivity index (χ0v) is 14.3. The quantitative estimate of drug-likeness (QED) is 0.613. The van der Waals surface area contributed by atoms with Gasteiger partial charge < -0.3 is 10.4 Å². The molecular weight excluding hydrogens is 332 g/mol. The number of carbonyl (C=O) groups is 2. The first-order chi connectivity index (χ1) is 12.6. The number of allylic oxidation sites excluding steroid dienone is 2. The van der Waals surface area contributed by atoms with Crippen LogP contribution in [0.25, 0.3) is 5.69 Å². The van der Waals surface area contributed by atoms with Crippen molar-refractivity contribution in [2.24, 2.45) is 5.41 Å². The highest BCUT2D eigenvalue weighted by molar-refractivity contribution is 6.02. The van der Waals surface area contributed by atoms with Gasteiger partial charge in [0.1, 0.15) is 5.82 Å². The normalized spacial score (nSPS) is 18.0. The van der Waals surface area contributed by atoms with Crippen LogP contribution in [0.1, 0.15) is 43.3 Å². The molecule has 1 saturated carbocycles. The number of carboxylic acid groups (broad SMARTS) is 1. The van der Waals surface area contributed by atoms with Crippen LogP contribution in [-0.4, -0.2) is 31.7 Å². The van der Waals surface area contributed by atoms with E-state index in [1.54, 1.807) is 12.2 Å². The van der Waals surface area contributed by atoms with Crippen molar-refractivity contribution in [3.05, 3.63) is 54.1 Å². The summed E-state index contributed by atoms with van der Waals surface area (Å²) in [6, 6.07) is 9.77. The standard InChI is InChI=1S/C19H20N4O3/c24-17(19(18(25)26)10-4-5-11-19)20-12-15-21-22-16(13-8-9-13)23(15)14-6-2-1-3-7-14/h1-7,13H,8-12H2,(H,20,24)(H,25,26). The number of aliphatic carboxylic acids is 1. The number of nitrogens with zero attached hydrogens (tertiary/aromatic N) is 3. The van der Waals surface area contributed by atoms with Crippen molar-refractivity contribution in [3.8, 4) is 5.69 Å². The van der Waals surface area contributed by atoms with Crippen LogP contribution in [0.2, 0.25) is 0 Å². The number of rotatable bonds is 6. The summed E-state index contributed by atoms with van der Waals surface area (Å²) >= 11 is 0. The second-order valence-corrected chi connectivity index (χ2v) is 6.87. The van der Waals surface area contributed by atoms with Crippen molar-refractivity contribution in [2.75, 3.05) is 0 Å². The lowest BCUT2D eigenvalue weighted by molar-refractivity contribution is -0.155. The zero-order chi connectivity index (χ0) is 18.1. The molecule has 7 heteroatoms. The molecule has 1 heterocycles. The third-order valence-corrected chi connectivity index (χ3v) is 5.06. The van der Waals surface area contributed by atoms with E-state index >= 15 is 0 Å². The van der Waals surface area contributed by atoms with Gasteiger partial charge in [0.25, 0.3) is 0 Å². The van der Waals surface area contributed by atoms with Crippen molar-refractivity contribution in [3.63, 3.8) is 0 Å². The lowest BCUT2D eigenvalue weighted by Crippen LogP contribution is -2.45. The lowest BCUT2D eigenvalue weighted by atomic mass is 9.84. The Hall–Kier alpha value is -2.96. The first kappa shape index (κ1) is 16.5. The van der Waals surface area contributed by atoms with Crippen LogP contribution in [0.4, 0.5) is 0 Å². The summed E-state index contributed by atoms with van der Waals surface area (Å²) in [5.41, 5.74) is -0.462. The summed E-state index contributed by atoms with van der Waals surface area (Å²) in [7, 11) is 0. The Balaban J connectivity index is 1.57. The van der Waals surface area contributed by atoms with E-state index < -0.39 is 17.3 Å². The van der Waals surface area contributed by atoms with Crippen LogP contribution >= 0.6 is 0 Å². The van der Waals surface area contributed by atoms with E-state index in [1.807, 2.05) is 34.9 Å². The molecule has 2 N–H and O–H groups in total. The molecule has 1 aromatic carbocycles. The van der Waals surface area contributed by atoms with E-state index in [0.29, 0.717) is 11.7 Å². The number of amides is 1. The van der Waals surface area contributed by atoms with Gasteiger partial charge in [0.2, 0.25) is 5.91 Å². The summed E-state index contributed by atoms with van der Waals surface area (Å²) in [6.07, 6.45) is 6.09. The summed E-state index contributed by atoms with van der Waals surface area (Å²) in [5, 5.41) is 20.8. The third-order valence-electron chi connectivity index (χ3n) is 5.06. The molecule has 1 aromatic heterocycles. The van der Waals surface area contributed by atoms with E-state index in [0.717, 1.165) is 24.4 Å². The molecule has 4 rings (SSSR count). The molecule has 0 bridgehead atoms. The van der Waals surface area contributed by atoms with Gasteiger partial charge in [-0.05, 0) is 37.8 Å². The van der Waals surface area contributed by atoms with Crippen LogP contribution in [0.15, 0.2) is 42.5 Å². The molecule has 1 fully saturated rings. The molecule has 26 heavy (non-hydrogen) atoms. The number of aromatic nitrogens is 3. The van der Waals surface area contributed by atoms with E-state index in [-0.39, 0.29) is 19.4 Å². The van der Waals surface area contributed by atoms with Crippen LogP contribution in [0, 0.1) is 5.41 Å². The summed E-state index contributed by atoms with van der Waals surface area (Å²) in [4.78, 5) is 24.2. The van der Waals surface area contributed by atoms with Gasteiger partial charge in [-0.25, -0.2) is 0 Å². The maximum atomic E-state index is 12.6. The van der Waals surface area contributed by atoms with Crippen molar-refractivity contribution >= 4 is 11.9 Å². The number of nitrogens with one attached hydrogen (secondary N) is 1. The molecule has 0 radical (unpaired) electrons. The summed E-state index contributed by atoms with van der Waals surface area (Å²) in [5.74, 6) is 0.333. The van der Waals surface area contributed by atoms with Crippen molar-refractivity contribution in [1.29, 1.82) is 0 Å². The molecule has 0 saturated heterocycles. The fourth-order valence-electron chi connectivity index (χ4n) is 3.35. The minimum atomic E-state index is -1.41. The smallest absolute Gasteiger partial charge is 0.319 e. The number of hydrogen-bond donors (Lipinski definition) is 2. The SMILES string of the molecule is O=C(O)C1(C(=O)NCc2nnc(C3CC3)n2-c2ccccc2)CC=CC1. The zero-order valence-electron chi connectivity index (χ0n) is 14.3. The van der Waals surface area contributed by atoms with Gasteiger partial charge in [0.15, 0.2) is 11.2 Å². The Morgan fingerprint density at radius 3 is 2.46 bits per heavy atom. The molecule has 2 aliphatic rings. The van der Waals surface area contributed by atoms with Gasteiger partial charge in [-0.1, -0.05) is 30.4 Å². The molecule has 134 valence electrons. The average Bonchev–Trinajstić information content (AvgIpc) is 3.21. The predicted octanol–water partition coefficient (Wildman–Crippen LogP) is 2.18. The minimum Gasteiger partial charge on any atom is -0.480 e. The Labute approximate surface area is 150 Å². The van der Waals surface area contributed by atoms with Crippen LogP contribution < -0.4 is 5.32 Å². The van der Waals surface area contributed by atoms with Gasteiger partial charge in [0, 0.05) is 11.6 Å². The second kappa shape index (κ2) is 6.40. The van der Waals surface area contributed by atoms with Crippen molar-refractivity contribution < 1.29 is 14.7 Å². The van der Waals surface area contributed by atoms with E-state index in [4.69, 9.17) is 0 Å². The highest BCUT2D eigenvalue weighted by Crippen LogP contribution is 2.40. The van der Waals surface area contributed by atoms with Crippen LogP contribution in [-0.2, 0) is 16.1 Å². The second-order valence-electron chi connectivity index (χ2n) is 6.87. The maximum Gasteiger partial charge on any atom is 0.319 e. The first-order valence-corrected chi connectivity index (χ1v) is 8.78. The molecule has 0 atom stereocenters. The van der Waals surface area contributed by atoms with Crippen molar-refractivity contribution in [1.82, 2.24) is 20.1 Å². The molecule has 0 aliphatic heterocycles. The molecule has 7 nitrogen and oxygen atoms in total. The Morgan fingerprint density at radius 1 is 1.15 bits per heavy atom. The van der Waals surface area contributed by atoms with Gasteiger partial charge in [-0.2, -0.15) is 0 Å². The van der Waals surface area contributed by atoms with Crippen LogP contribution in [0.3, 0.4) is 0 Å². The minimum absolute atomic E-state index is 0.141. The number of para-hydroxylation sites is 1. The number of carboxylic acids is 1. The number of hydrogen-bond acceptors (Lipinski definition) is 4. The average molecular weight is 352 g/mol. The Bertz CT molecular complexity index is 860. The number of benzene rings is 1. The van der Waals surface area contributed by atoms with Crippen LogP contribution in [0.5, 0.6) is 0 Å². The molecule has 0 unspecified atom stereocenters. The summed E-state index contributed by atoms with van der Waals surface area (Å²) in [6.45, 7) is 0.141. The Morgan fingerprint density at radius 2 is 1.85 bits per heavy atom. The van der Waals surface area contributed by atoms with Gasteiger partial charge in [-0.15, -0.1) is 10.2 Å². The highest BCUT2D eigenvalue weighted by Gasteiger charge is 2.46. The Kier molecular flexibility index (Phi) is 4.06. The van der Waals surface area contributed by atoms with E-state index in [1.165, 1.54) is 0 Å². The molecule has 0 spiro atoms. The topological polar surface area (TPSA) is 97.1 Å². The third kappa shape index (κ3) is 2.79. The molecule has 2 aromatic rings. The first-order valence-electron chi connectivity index (χ1n) is 8.78. The predicted molar refractivity (Wildman–Crippen MR) is 93.6 cm³/mol. The van der Waals surface area contributed by atoms with Crippen molar-refractivity contribution in [2.45, 2.75) is 38.1 Å². The van der Waals surface area contributed by atoms with E-state index in [9.17, 15) is 14.7 Å². The monoisotopic (exact) mass is 352 g/mol. The molecular formula is C19H20N4O3. The fraction of sp³-hybridized carbons (Fsp3) is 0.368. The van der Waals surface area contributed by atoms with E-state index in [2.05, 4.69) is 15.5 Å².